The van der Waals surface area contributed by atoms with Gasteiger partial charge in [-0.3, -0.25) is 4.90 Å². The highest BCUT2D eigenvalue weighted by Gasteiger charge is 2.17. The second kappa shape index (κ2) is 7.97. The number of phenols is 1. The van der Waals surface area contributed by atoms with Crippen molar-refractivity contribution in [1.29, 1.82) is 0 Å². The normalized spacial score (nSPS) is 15.5. The molecule has 0 spiro atoms. The van der Waals surface area contributed by atoms with Crippen LogP contribution in [0.1, 0.15) is 0 Å². The van der Waals surface area contributed by atoms with Crippen LogP contribution in [0.25, 0.3) is 0 Å². The van der Waals surface area contributed by atoms with Crippen molar-refractivity contribution in [1.82, 2.24) is 4.90 Å². The molecular weight excluding hydrogens is 347 g/mol. The first kappa shape index (κ1) is 17.2. The molecule has 4 nitrogen and oxygen atoms in total. The van der Waals surface area contributed by atoms with Crippen LogP contribution in [0, 0.1) is 0 Å². The van der Waals surface area contributed by atoms with Crippen molar-refractivity contribution >= 4 is 28.9 Å². The largest absolute Gasteiger partial charge is 0.508 e. The highest BCUT2D eigenvalue weighted by Crippen LogP contribution is 2.27. The fourth-order valence-electron chi connectivity index (χ4n) is 2.77. The molecule has 2 aromatic rings. The Balaban J connectivity index is 1.43. The molecule has 0 bridgehead atoms. The molecule has 2 aromatic carbocycles. The molecule has 0 aromatic heterocycles. The molecule has 0 amide bonds. The van der Waals surface area contributed by atoms with E-state index in [0.29, 0.717) is 28.2 Å². The van der Waals surface area contributed by atoms with Gasteiger partial charge in [-0.15, -0.1) is 0 Å². The van der Waals surface area contributed by atoms with Crippen molar-refractivity contribution in [3.05, 3.63) is 52.5 Å². The number of aromatic hydroxyl groups is 1. The number of phenolic OH excluding ortho intramolecular Hbond substituents is 1. The number of nitrogens with zero attached hydrogens (tertiary/aromatic N) is 2. The van der Waals surface area contributed by atoms with Gasteiger partial charge in [0.25, 0.3) is 0 Å². The molecule has 6 heteroatoms. The van der Waals surface area contributed by atoms with Gasteiger partial charge in [-0.25, -0.2) is 0 Å². The Morgan fingerprint density at radius 1 is 0.958 bits per heavy atom. The first-order valence-electron chi connectivity index (χ1n) is 7.96. The van der Waals surface area contributed by atoms with Crippen LogP contribution in [0.15, 0.2) is 42.5 Å². The molecule has 0 aliphatic carbocycles. The number of halogens is 2. The maximum atomic E-state index is 9.37. The lowest BCUT2D eigenvalue weighted by Crippen LogP contribution is -2.47. The van der Waals surface area contributed by atoms with E-state index in [1.54, 1.807) is 30.3 Å². The molecule has 0 unspecified atom stereocenters. The highest BCUT2D eigenvalue weighted by atomic mass is 35.5. The van der Waals surface area contributed by atoms with Crippen LogP contribution in [0.4, 0.5) is 5.69 Å². The summed E-state index contributed by atoms with van der Waals surface area (Å²) in [5, 5.41) is 10.5. The third-order valence-electron chi connectivity index (χ3n) is 4.15. The first-order chi connectivity index (χ1) is 11.6. The minimum Gasteiger partial charge on any atom is -0.508 e. The van der Waals surface area contributed by atoms with Gasteiger partial charge in [-0.1, -0.05) is 23.2 Å². The smallest absolute Gasteiger partial charge is 0.138 e. The Hall–Kier alpha value is -1.62. The second-order valence-corrected chi connectivity index (χ2v) is 6.61. The predicted molar refractivity (Wildman–Crippen MR) is 98.7 cm³/mol. The van der Waals surface area contributed by atoms with Gasteiger partial charge in [0, 0.05) is 43.4 Å². The molecule has 0 atom stereocenters. The Bertz CT molecular complexity index is 671. The van der Waals surface area contributed by atoms with Crippen LogP contribution in [-0.2, 0) is 0 Å². The lowest BCUT2D eigenvalue weighted by Gasteiger charge is -2.36. The molecule has 3 rings (SSSR count). The molecule has 128 valence electrons. The van der Waals surface area contributed by atoms with Gasteiger partial charge in [0.2, 0.25) is 0 Å². The fourth-order valence-corrected chi connectivity index (χ4v) is 3.23. The summed E-state index contributed by atoms with van der Waals surface area (Å²) in [5.74, 6) is 0.971. The van der Waals surface area contributed by atoms with Crippen LogP contribution in [0.5, 0.6) is 11.5 Å². The average Bonchev–Trinajstić information content (AvgIpc) is 2.58. The summed E-state index contributed by atoms with van der Waals surface area (Å²) in [7, 11) is 0. The lowest BCUT2D eigenvalue weighted by atomic mass is 10.2. The summed E-state index contributed by atoms with van der Waals surface area (Å²) in [4.78, 5) is 4.70. The van der Waals surface area contributed by atoms with Crippen LogP contribution in [-0.4, -0.2) is 49.3 Å². The van der Waals surface area contributed by atoms with E-state index in [-0.39, 0.29) is 0 Å². The summed E-state index contributed by atoms with van der Waals surface area (Å²) in [6.45, 7) is 5.36. The van der Waals surface area contributed by atoms with Gasteiger partial charge in [-0.2, -0.15) is 0 Å². The molecule has 1 fully saturated rings. The molecule has 0 saturated carbocycles. The SMILES string of the molecule is Oc1ccc(N2CCN(CCOc3ccc(Cl)cc3Cl)CC2)cc1. The zero-order valence-electron chi connectivity index (χ0n) is 13.3. The summed E-state index contributed by atoms with van der Waals surface area (Å²) >= 11 is 12.0. The quantitative estimate of drug-likeness (QED) is 0.870. The van der Waals surface area contributed by atoms with Crippen LogP contribution in [0.2, 0.25) is 10.0 Å². The fraction of sp³-hybridized carbons (Fsp3) is 0.333. The van der Waals surface area contributed by atoms with Gasteiger partial charge in [0.05, 0.1) is 5.02 Å². The summed E-state index contributed by atoms with van der Waals surface area (Å²) < 4.78 is 5.75. The number of benzene rings is 2. The number of ether oxygens (including phenoxy) is 1. The summed E-state index contributed by atoms with van der Waals surface area (Å²) in [6.07, 6.45) is 0. The Labute approximate surface area is 152 Å². The lowest BCUT2D eigenvalue weighted by molar-refractivity contribution is 0.200. The minimum absolute atomic E-state index is 0.301. The van der Waals surface area contributed by atoms with E-state index in [4.69, 9.17) is 27.9 Å². The number of anilines is 1. The van der Waals surface area contributed by atoms with E-state index in [0.717, 1.165) is 38.4 Å². The minimum atomic E-state index is 0.301. The number of hydrogen-bond donors (Lipinski definition) is 1. The van der Waals surface area contributed by atoms with Gasteiger partial charge in [0.1, 0.15) is 18.1 Å². The summed E-state index contributed by atoms with van der Waals surface area (Å²) in [5.41, 5.74) is 1.15. The zero-order chi connectivity index (χ0) is 16.9. The van der Waals surface area contributed by atoms with Gasteiger partial charge in [0.15, 0.2) is 0 Å². The highest BCUT2D eigenvalue weighted by molar-refractivity contribution is 6.35. The van der Waals surface area contributed by atoms with Crippen molar-refractivity contribution < 1.29 is 9.84 Å². The molecule has 1 N–H and O–H groups in total. The molecular formula is C18H20Cl2N2O2. The third-order valence-corrected chi connectivity index (χ3v) is 4.68. The number of piperazine rings is 1. The molecule has 1 saturated heterocycles. The zero-order valence-corrected chi connectivity index (χ0v) is 14.8. The van der Waals surface area contributed by atoms with Crippen molar-refractivity contribution in [3.63, 3.8) is 0 Å². The Morgan fingerprint density at radius 2 is 1.67 bits per heavy atom. The van der Waals surface area contributed by atoms with Crippen molar-refractivity contribution in [2.24, 2.45) is 0 Å². The van der Waals surface area contributed by atoms with Gasteiger partial charge in [-0.05, 0) is 42.5 Å². The van der Waals surface area contributed by atoms with Crippen LogP contribution < -0.4 is 9.64 Å². The number of rotatable bonds is 5. The van der Waals surface area contributed by atoms with Crippen molar-refractivity contribution in [2.45, 2.75) is 0 Å². The predicted octanol–water partition coefficient (Wildman–Crippen LogP) is 3.90. The van der Waals surface area contributed by atoms with Gasteiger partial charge >= 0.3 is 0 Å². The Kier molecular flexibility index (Phi) is 5.72. The molecule has 1 aliphatic heterocycles. The second-order valence-electron chi connectivity index (χ2n) is 5.77. The first-order valence-corrected chi connectivity index (χ1v) is 8.71. The van der Waals surface area contributed by atoms with Crippen molar-refractivity contribution in [3.8, 4) is 11.5 Å². The van der Waals surface area contributed by atoms with Crippen LogP contribution in [0.3, 0.4) is 0 Å². The Morgan fingerprint density at radius 3 is 2.33 bits per heavy atom. The van der Waals surface area contributed by atoms with E-state index in [9.17, 15) is 5.11 Å². The van der Waals surface area contributed by atoms with E-state index in [2.05, 4.69) is 9.80 Å². The third kappa shape index (κ3) is 4.47. The van der Waals surface area contributed by atoms with Gasteiger partial charge < -0.3 is 14.7 Å². The maximum Gasteiger partial charge on any atom is 0.138 e. The number of hydrogen-bond acceptors (Lipinski definition) is 4. The topological polar surface area (TPSA) is 35.9 Å². The molecule has 24 heavy (non-hydrogen) atoms. The standard InChI is InChI=1S/C18H20Cl2N2O2/c19-14-1-6-18(17(20)13-14)24-12-11-21-7-9-22(10-8-21)15-2-4-16(23)5-3-15/h1-6,13,23H,7-12H2. The van der Waals surface area contributed by atoms with E-state index in [1.165, 1.54) is 0 Å². The molecule has 0 radical (unpaired) electrons. The monoisotopic (exact) mass is 366 g/mol. The summed E-state index contributed by atoms with van der Waals surface area (Å²) in [6, 6.07) is 12.6. The molecule has 1 heterocycles. The van der Waals surface area contributed by atoms with E-state index >= 15 is 0 Å². The van der Waals surface area contributed by atoms with Crippen molar-refractivity contribution in [2.75, 3.05) is 44.2 Å². The average molecular weight is 367 g/mol. The van der Waals surface area contributed by atoms with E-state index in [1.807, 2.05) is 12.1 Å². The molecule has 1 aliphatic rings. The van der Waals surface area contributed by atoms with Crippen LogP contribution >= 0.6 is 23.2 Å². The maximum absolute atomic E-state index is 9.37. The van der Waals surface area contributed by atoms with E-state index < -0.39 is 0 Å².